The van der Waals surface area contributed by atoms with Crippen molar-refractivity contribution >= 4 is 17.3 Å². The molecule has 2 nitrogen and oxygen atoms in total. The van der Waals surface area contributed by atoms with E-state index in [9.17, 15) is 9.18 Å². The highest BCUT2D eigenvalue weighted by molar-refractivity contribution is 7.08. The van der Waals surface area contributed by atoms with Gasteiger partial charge >= 0.3 is 5.97 Å². The van der Waals surface area contributed by atoms with Gasteiger partial charge in [-0.1, -0.05) is 0 Å². The van der Waals surface area contributed by atoms with E-state index in [1.165, 1.54) is 17.9 Å². The van der Waals surface area contributed by atoms with E-state index < -0.39 is 11.8 Å². The molecule has 0 unspecified atom stereocenters. The predicted octanol–water partition coefficient (Wildman–Crippen LogP) is 1.67. The SMILES string of the molecule is COC(=O)c1cscc1F. The molecule has 0 fully saturated rings. The highest BCUT2D eigenvalue weighted by Crippen LogP contribution is 2.13. The lowest BCUT2D eigenvalue weighted by Gasteiger charge is -1.92. The van der Waals surface area contributed by atoms with E-state index in [1.807, 2.05) is 0 Å². The van der Waals surface area contributed by atoms with E-state index in [2.05, 4.69) is 4.74 Å². The topological polar surface area (TPSA) is 26.3 Å². The summed E-state index contributed by atoms with van der Waals surface area (Å²) in [5, 5.41) is 2.67. The fourth-order valence-electron chi connectivity index (χ4n) is 0.537. The zero-order valence-electron chi connectivity index (χ0n) is 5.26. The largest absolute Gasteiger partial charge is 0.465 e. The molecule has 0 amide bonds. The van der Waals surface area contributed by atoms with Gasteiger partial charge in [-0.3, -0.25) is 0 Å². The van der Waals surface area contributed by atoms with Gasteiger partial charge in [0.05, 0.1) is 7.11 Å². The molecule has 0 radical (unpaired) electrons. The van der Waals surface area contributed by atoms with Crippen LogP contribution in [0.3, 0.4) is 0 Å². The van der Waals surface area contributed by atoms with Gasteiger partial charge in [-0.15, -0.1) is 11.3 Å². The van der Waals surface area contributed by atoms with Crippen molar-refractivity contribution in [3.8, 4) is 0 Å². The van der Waals surface area contributed by atoms with Gasteiger partial charge < -0.3 is 4.74 Å². The van der Waals surface area contributed by atoms with Crippen LogP contribution in [-0.2, 0) is 4.74 Å². The van der Waals surface area contributed by atoms with E-state index in [0.717, 1.165) is 11.3 Å². The van der Waals surface area contributed by atoms with Crippen molar-refractivity contribution in [2.45, 2.75) is 0 Å². The van der Waals surface area contributed by atoms with Crippen LogP contribution in [0.15, 0.2) is 10.8 Å². The molecule has 54 valence electrons. The minimum atomic E-state index is -0.626. The summed E-state index contributed by atoms with van der Waals surface area (Å²) in [7, 11) is 1.22. The maximum Gasteiger partial charge on any atom is 0.341 e. The summed E-state index contributed by atoms with van der Waals surface area (Å²) >= 11 is 1.13. The average Bonchev–Trinajstić information content (AvgIpc) is 2.34. The number of esters is 1. The number of hydrogen-bond donors (Lipinski definition) is 0. The van der Waals surface area contributed by atoms with Crippen LogP contribution in [0.4, 0.5) is 4.39 Å². The van der Waals surface area contributed by atoms with Crippen molar-refractivity contribution in [3.05, 3.63) is 22.1 Å². The second-order valence-electron chi connectivity index (χ2n) is 1.62. The number of hydrogen-bond acceptors (Lipinski definition) is 3. The van der Waals surface area contributed by atoms with Gasteiger partial charge in [0.25, 0.3) is 0 Å². The maximum absolute atomic E-state index is 12.5. The minimum Gasteiger partial charge on any atom is -0.465 e. The number of thiophene rings is 1. The molecule has 0 saturated carbocycles. The molecule has 0 aliphatic heterocycles. The molecule has 0 aromatic carbocycles. The number of rotatable bonds is 1. The molecule has 0 aliphatic rings. The van der Waals surface area contributed by atoms with E-state index in [4.69, 9.17) is 0 Å². The quantitative estimate of drug-likeness (QED) is 0.584. The fraction of sp³-hybridized carbons (Fsp3) is 0.167. The zero-order valence-corrected chi connectivity index (χ0v) is 6.07. The molecule has 1 rings (SSSR count). The molecule has 0 saturated heterocycles. The smallest absolute Gasteiger partial charge is 0.341 e. The zero-order chi connectivity index (χ0) is 7.56. The Kier molecular flexibility index (Phi) is 2.01. The molecule has 0 bridgehead atoms. The Bertz CT molecular complexity index is 244. The summed E-state index contributed by atoms with van der Waals surface area (Å²) in [5.41, 5.74) is 0.00694. The second kappa shape index (κ2) is 2.79. The fourth-order valence-corrected chi connectivity index (χ4v) is 1.20. The van der Waals surface area contributed by atoms with Gasteiger partial charge in [-0.05, 0) is 0 Å². The van der Waals surface area contributed by atoms with Gasteiger partial charge in [-0.25, -0.2) is 9.18 Å². The summed E-state index contributed by atoms with van der Waals surface area (Å²) in [6, 6.07) is 0. The Morgan fingerprint density at radius 1 is 1.70 bits per heavy atom. The molecule has 10 heavy (non-hydrogen) atoms. The lowest BCUT2D eigenvalue weighted by molar-refractivity contribution is 0.0596. The molecular weight excluding hydrogens is 155 g/mol. The molecule has 0 atom stereocenters. The van der Waals surface area contributed by atoms with Gasteiger partial charge in [0.15, 0.2) is 0 Å². The van der Waals surface area contributed by atoms with Crippen LogP contribution in [-0.4, -0.2) is 13.1 Å². The number of carbonyl (C=O) groups is 1. The van der Waals surface area contributed by atoms with Crippen LogP contribution in [0.5, 0.6) is 0 Å². The van der Waals surface area contributed by atoms with E-state index >= 15 is 0 Å². The first-order valence-corrected chi connectivity index (χ1v) is 3.50. The number of ether oxygens (including phenoxy) is 1. The lowest BCUT2D eigenvalue weighted by Crippen LogP contribution is -2.00. The molecule has 1 aromatic heterocycles. The van der Waals surface area contributed by atoms with E-state index in [0.29, 0.717) is 0 Å². The molecule has 0 N–H and O–H groups in total. The monoisotopic (exact) mass is 160 g/mol. The van der Waals surface area contributed by atoms with Crippen molar-refractivity contribution in [2.75, 3.05) is 7.11 Å². The number of methoxy groups -OCH3 is 1. The van der Waals surface area contributed by atoms with Gasteiger partial charge in [-0.2, -0.15) is 0 Å². The Morgan fingerprint density at radius 2 is 2.40 bits per heavy atom. The van der Waals surface area contributed by atoms with Gasteiger partial charge in [0, 0.05) is 10.8 Å². The van der Waals surface area contributed by atoms with Crippen molar-refractivity contribution in [3.63, 3.8) is 0 Å². The highest BCUT2D eigenvalue weighted by atomic mass is 32.1. The Balaban J connectivity index is 2.93. The predicted molar refractivity (Wildman–Crippen MR) is 35.6 cm³/mol. The van der Waals surface area contributed by atoms with Crippen molar-refractivity contribution in [1.82, 2.24) is 0 Å². The Labute approximate surface area is 61.2 Å². The maximum atomic E-state index is 12.5. The van der Waals surface area contributed by atoms with E-state index in [-0.39, 0.29) is 5.56 Å². The second-order valence-corrected chi connectivity index (χ2v) is 2.37. The van der Waals surface area contributed by atoms with Crippen LogP contribution in [0.2, 0.25) is 0 Å². The number of halogens is 1. The minimum absolute atomic E-state index is 0.00694. The van der Waals surface area contributed by atoms with Crippen LogP contribution in [0.1, 0.15) is 10.4 Å². The first kappa shape index (κ1) is 7.21. The molecule has 1 heterocycles. The van der Waals surface area contributed by atoms with Crippen LogP contribution in [0.25, 0.3) is 0 Å². The van der Waals surface area contributed by atoms with E-state index in [1.54, 1.807) is 0 Å². The Morgan fingerprint density at radius 3 is 2.80 bits per heavy atom. The van der Waals surface area contributed by atoms with Crippen LogP contribution in [0, 0.1) is 5.82 Å². The van der Waals surface area contributed by atoms with Gasteiger partial charge in [0.1, 0.15) is 11.4 Å². The average molecular weight is 160 g/mol. The molecule has 1 aromatic rings. The van der Waals surface area contributed by atoms with Crippen molar-refractivity contribution in [1.29, 1.82) is 0 Å². The molecule has 4 heteroatoms. The molecular formula is C6H5FO2S. The standard InChI is InChI=1S/C6H5FO2S/c1-9-6(8)4-2-10-3-5(4)7/h2-3H,1H3. The summed E-state index contributed by atoms with van der Waals surface area (Å²) < 4.78 is 16.8. The third-order valence-corrected chi connectivity index (χ3v) is 1.73. The first-order chi connectivity index (χ1) is 4.75. The number of carbonyl (C=O) groups excluding carboxylic acids is 1. The van der Waals surface area contributed by atoms with Crippen molar-refractivity contribution < 1.29 is 13.9 Å². The third kappa shape index (κ3) is 1.16. The lowest BCUT2D eigenvalue weighted by atomic mass is 10.3. The molecule has 0 aliphatic carbocycles. The summed E-state index contributed by atoms with van der Waals surface area (Å²) in [5.74, 6) is -1.14. The summed E-state index contributed by atoms with van der Waals surface area (Å²) in [6.07, 6.45) is 0. The highest BCUT2D eigenvalue weighted by Gasteiger charge is 2.11. The third-order valence-electron chi connectivity index (χ3n) is 1.02. The molecule has 0 spiro atoms. The normalized spacial score (nSPS) is 9.40. The summed E-state index contributed by atoms with van der Waals surface area (Å²) in [4.78, 5) is 10.6. The Hall–Kier alpha value is -0.900. The van der Waals surface area contributed by atoms with Crippen LogP contribution < -0.4 is 0 Å². The van der Waals surface area contributed by atoms with Crippen LogP contribution >= 0.6 is 11.3 Å². The van der Waals surface area contributed by atoms with Crippen molar-refractivity contribution in [2.24, 2.45) is 0 Å². The van der Waals surface area contributed by atoms with Gasteiger partial charge in [0.2, 0.25) is 0 Å². The summed E-state index contributed by atoms with van der Waals surface area (Å²) in [6.45, 7) is 0. The first-order valence-electron chi connectivity index (χ1n) is 2.55.